The molecule has 0 aliphatic carbocycles. The number of aryl methyl sites for hydroxylation is 1. The van der Waals surface area contributed by atoms with Crippen LogP contribution >= 0.6 is 11.6 Å². The highest BCUT2D eigenvalue weighted by Crippen LogP contribution is 2.25. The maximum atomic E-state index is 13.1. The van der Waals surface area contributed by atoms with E-state index in [4.69, 9.17) is 11.6 Å². The Labute approximate surface area is 226 Å². The second-order valence-corrected chi connectivity index (χ2v) is 10.2. The smallest absolute Gasteiger partial charge is 0.255 e. The summed E-state index contributed by atoms with van der Waals surface area (Å²) in [5.41, 5.74) is 4.90. The van der Waals surface area contributed by atoms with Crippen LogP contribution in [0.3, 0.4) is 0 Å². The van der Waals surface area contributed by atoms with Gasteiger partial charge < -0.3 is 14.6 Å². The Balaban J connectivity index is 1.14. The van der Waals surface area contributed by atoms with E-state index in [1.54, 1.807) is 28.8 Å². The molecule has 4 aromatic rings. The summed E-state index contributed by atoms with van der Waals surface area (Å²) in [5, 5.41) is 3.46. The van der Waals surface area contributed by atoms with E-state index in [0.29, 0.717) is 29.2 Å². The predicted molar refractivity (Wildman–Crippen MR) is 147 cm³/mol. The van der Waals surface area contributed by atoms with Gasteiger partial charge in [-0.25, -0.2) is 9.37 Å². The number of pyridine rings is 1. The lowest BCUT2D eigenvalue weighted by Crippen LogP contribution is -2.36. The van der Waals surface area contributed by atoms with Crippen LogP contribution in [0.1, 0.15) is 46.9 Å². The summed E-state index contributed by atoms with van der Waals surface area (Å²) in [6, 6.07) is 16.0. The standard InChI is InChI=1S/C30H30ClFN4O2/c1-2-25-19-36-18-23(31)16-27(29(36)34-25)30(38)33-17-21-5-9-26(10-6-21)35-13-11-22(12-14-35)28(37)15-20-3-7-24(32)8-4-20/h3-10,16,18-19,22H,2,11-15,17H2,1H3,(H,33,38). The Morgan fingerprint density at radius 2 is 1.71 bits per heavy atom. The SMILES string of the molecule is CCc1cn2cc(Cl)cc(C(=O)NCc3ccc(N4CCC(C(=O)Cc5ccc(F)cc5)CC4)cc3)c2n1. The molecule has 5 rings (SSSR count). The summed E-state index contributed by atoms with van der Waals surface area (Å²) in [6.07, 6.45) is 6.38. The highest BCUT2D eigenvalue weighted by Gasteiger charge is 2.25. The normalized spacial score (nSPS) is 14.1. The van der Waals surface area contributed by atoms with Crippen molar-refractivity contribution in [3.63, 3.8) is 0 Å². The molecular weight excluding hydrogens is 503 g/mol. The second-order valence-electron chi connectivity index (χ2n) is 9.77. The number of imidazole rings is 1. The average Bonchev–Trinajstić information content (AvgIpc) is 3.36. The number of nitrogens with one attached hydrogen (secondary N) is 1. The maximum Gasteiger partial charge on any atom is 0.255 e. The summed E-state index contributed by atoms with van der Waals surface area (Å²) < 4.78 is 14.9. The molecule has 2 aromatic heterocycles. The molecular formula is C30H30ClFN4O2. The summed E-state index contributed by atoms with van der Waals surface area (Å²) in [5.74, 6) is -0.250. The molecule has 1 amide bonds. The van der Waals surface area contributed by atoms with Crippen molar-refractivity contribution in [1.29, 1.82) is 0 Å². The molecule has 196 valence electrons. The highest BCUT2D eigenvalue weighted by atomic mass is 35.5. The van der Waals surface area contributed by atoms with Gasteiger partial charge in [-0.05, 0) is 60.7 Å². The lowest BCUT2D eigenvalue weighted by atomic mass is 9.89. The minimum Gasteiger partial charge on any atom is -0.371 e. The number of hydrogen-bond donors (Lipinski definition) is 1. The summed E-state index contributed by atoms with van der Waals surface area (Å²) in [6.45, 7) is 4.03. The molecule has 1 aliphatic rings. The minimum absolute atomic E-state index is 0.0345. The van der Waals surface area contributed by atoms with Crippen molar-refractivity contribution in [1.82, 2.24) is 14.7 Å². The molecule has 8 heteroatoms. The number of nitrogens with zero attached hydrogens (tertiary/aromatic N) is 3. The van der Waals surface area contributed by atoms with Crippen molar-refractivity contribution in [3.8, 4) is 0 Å². The summed E-state index contributed by atoms with van der Waals surface area (Å²) >= 11 is 6.23. The molecule has 1 fully saturated rings. The molecule has 1 N–H and O–H groups in total. The number of aromatic nitrogens is 2. The Morgan fingerprint density at radius 3 is 2.39 bits per heavy atom. The number of hydrogen-bond acceptors (Lipinski definition) is 4. The third-order valence-electron chi connectivity index (χ3n) is 7.17. The Kier molecular flexibility index (Phi) is 7.74. The Morgan fingerprint density at radius 1 is 1.03 bits per heavy atom. The molecule has 1 aliphatic heterocycles. The van der Waals surface area contributed by atoms with Gasteiger partial charge in [-0.1, -0.05) is 42.8 Å². The molecule has 0 radical (unpaired) electrons. The number of halogens is 2. The van der Waals surface area contributed by atoms with E-state index < -0.39 is 0 Å². The molecule has 0 saturated carbocycles. The Bertz CT molecular complexity index is 1440. The highest BCUT2D eigenvalue weighted by molar-refractivity contribution is 6.31. The number of benzene rings is 2. The number of fused-ring (bicyclic) bond motifs is 1. The fourth-order valence-corrected chi connectivity index (χ4v) is 5.18. The Hall–Kier alpha value is -3.71. The van der Waals surface area contributed by atoms with Gasteiger partial charge in [-0.3, -0.25) is 9.59 Å². The van der Waals surface area contributed by atoms with Crippen molar-refractivity contribution in [2.75, 3.05) is 18.0 Å². The third kappa shape index (κ3) is 5.89. The van der Waals surface area contributed by atoms with Crippen LogP contribution in [0.2, 0.25) is 5.02 Å². The largest absolute Gasteiger partial charge is 0.371 e. The lowest BCUT2D eigenvalue weighted by molar-refractivity contribution is -0.122. The van der Waals surface area contributed by atoms with E-state index in [1.165, 1.54) is 12.1 Å². The van der Waals surface area contributed by atoms with Crippen molar-refractivity contribution in [2.45, 2.75) is 39.2 Å². The first-order valence-electron chi connectivity index (χ1n) is 13.0. The van der Waals surface area contributed by atoms with Crippen molar-refractivity contribution in [2.24, 2.45) is 5.92 Å². The summed E-state index contributed by atoms with van der Waals surface area (Å²) in [7, 11) is 0. The predicted octanol–water partition coefficient (Wildman–Crippen LogP) is 5.65. The maximum absolute atomic E-state index is 13.1. The first-order valence-corrected chi connectivity index (χ1v) is 13.3. The van der Waals surface area contributed by atoms with Crippen LogP contribution in [0, 0.1) is 11.7 Å². The monoisotopic (exact) mass is 532 g/mol. The van der Waals surface area contributed by atoms with Crippen LogP contribution in [-0.2, 0) is 24.2 Å². The molecule has 1 saturated heterocycles. The zero-order valence-corrected chi connectivity index (χ0v) is 22.0. The number of carbonyl (C=O) groups is 2. The number of anilines is 1. The van der Waals surface area contributed by atoms with Crippen LogP contribution < -0.4 is 10.2 Å². The van der Waals surface area contributed by atoms with Gasteiger partial charge in [-0.2, -0.15) is 0 Å². The molecule has 0 bridgehead atoms. The van der Waals surface area contributed by atoms with Crippen LogP contribution in [0.25, 0.3) is 5.65 Å². The van der Waals surface area contributed by atoms with Crippen LogP contribution in [0.15, 0.2) is 67.0 Å². The molecule has 2 aromatic carbocycles. The van der Waals surface area contributed by atoms with Crippen molar-refractivity contribution >= 4 is 34.6 Å². The van der Waals surface area contributed by atoms with Crippen LogP contribution in [0.4, 0.5) is 10.1 Å². The zero-order chi connectivity index (χ0) is 26.6. The van der Waals surface area contributed by atoms with E-state index in [9.17, 15) is 14.0 Å². The van der Waals surface area contributed by atoms with Gasteiger partial charge in [0, 0.05) is 50.1 Å². The van der Waals surface area contributed by atoms with E-state index in [-0.39, 0.29) is 23.4 Å². The van der Waals surface area contributed by atoms with Gasteiger partial charge in [0.25, 0.3) is 5.91 Å². The number of piperidine rings is 1. The molecule has 38 heavy (non-hydrogen) atoms. The topological polar surface area (TPSA) is 66.7 Å². The van der Waals surface area contributed by atoms with Crippen LogP contribution in [0.5, 0.6) is 0 Å². The second kappa shape index (κ2) is 11.4. The van der Waals surface area contributed by atoms with Gasteiger partial charge in [0.2, 0.25) is 0 Å². The van der Waals surface area contributed by atoms with E-state index in [0.717, 1.165) is 54.9 Å². The number of Topliss-reactive ketones (excluding diaryl/α,β-unsaturated/α-hetero) is 1. The molecule has 3 heterocycles. The number of carbonyl (C=O) groups excluding carboxylic acids is 2. The fourth-order valence-electron chi connectivity index (χ4n) is 4.96. The van der Waals surface area contributed by atoms with Gasteiger partial charge >= 0.3 is 0 Å². The first-order chi connectivity index (χ1) is 18.4. The van der Waals surface area contributed by atoms with Crippen molar-refractivity contribution < 1.29 is 14.0 Å². The number of rotatable bonds is 8. The first kappa shape index (κ1) is 25.9. The van der Waals surface area contributed by atoms with Crippen molar-refractivity contribution in [3.05, 3.63) is 100 Å². The van der Waals surface area contributed by atoms with E-state index >= 15 is 0 Å². The fraction of sp³-hybridized carbons (Fsp3) is 0.300. The lowest BCUT2D eigenvalue weighted by Gasteiger charge is -2.33. The number of ketones is 1. The van der Waals surface area contributed by atoms with Gasteiger partial charge in [0.15, 0.2) is 0 Å². The summed E-state index contributed by atoms with van der Waals surface area (Å²) in [4.78, 5) is 32.5. The van der Waals surface area contributed by atoms with Gasteiger partial charge in [0.05, 0.1) is 16.3 Å². The third-order valence-corrected chi connectivity index (χ3v) is 7.38. The van der Waals surface area contributed by atoms with Crippen LogP contribution in [-0.4, -0.2) is 34.2 Å². The number of amides is 1. The molecule has 0 unspecified atom stereocenters. The minimum atomic E-state index is -0.287. The molecule has 0 spiro atoms. The van der Waals surface area contributed by atoms with E-state index in [1.807, 2.05) is 25.3 Å². The average molecular weight is 533 g/mol. The van der Waals surface area contributed by atoms with Gasteiger partial charge in [-0.15, -0.1) is 0 Å². The molecule has 0 atom stereocenters. The van der Waals surface area contributed by atoms with Gasteiger partial charge in [0.1, 0.15) is 17.2 Å². The zero-order valence-electron chi connectivity index (χ0n) is 21.3. The quantitative estimate of drug-likeness (QED) is 0.318. The molecule has 6 nitrogen and oxygen atoms in total. The van der Waals surface area contributed by atoms with E-state index in [2.05, 4.69) is 27.3 Å².